The largest absolute Gasteiger partial charge is 0.493 e. The molecule has 1 fully saturated rings. The summed E-state index contributed by atoms with van der Waals surface area (Å²) < 4.78 is 11.6. The molecule has 0 spiro atoms. The number of rotatable bonds is 9. The topological polar surface area (TPSA) is 66.9 Å². The highest BCUT2D eigenvalue weighted by Gasteiger charge is 2.31. The number of ether oxygens (including phenoxy) is 2. The first-order valence-corrected chi connectivity index (χ1v) is 10.3. The average Bonchev–Trinajstić information content (AvgIpc) is 3.42. The Balaban J connectivity index is 1.78. The number of aliphatic hydroxyl groups excluding tert-OH is 1. The van der Waals surface area contributed by atoms with Crippen molar-refractivity contribution in [3.8, 4) is 11.5 Å². The van der Waals surface area contributed by atoms with Gasteiger partial charge in [-0.25, -0.2) is 4.98 Å². The number of thiazole rings is 1. The number of thiocarbonyl (C=S) groups is 1. The molecule has 1 heterocycles. The van der Waals surface area contributed by atoms with E-state index in [2.05, 4.69) is 15.2 Å². The van der Waals surface area contributed by atoms with E-state index in [9.17, 15) is 5.11 Å². The molecule has 27 heavy (non-hydrogen) atoms. The molecule has 0 aliphatic heterocycles. The van der Waals surface area contributed by atoms with E-state index in [-0.39, 0.29) is 6.61 Å². The lowest BCUT2D eigenvalue weighted by atomic mass is 10.1. The molecule has 146 valence electrons. The van der Waals surface area contributed by atoms with E-state index in [0.29, 0.717) is 36.4 Å². The highest BCUT2D eigenvalue weighted by atomic mass is 32.1. The van der Waals surface area contributed by atoms with Gasteiger partial charge in [-0.05, 0) is 38.0 Å². The van der Waals surface area contributed by atoms with Gasteiger partial charge in [-0.1, -0.05) is 12.1 Å². The highest BCUT2D eigenvalue weighted by molar-refractivity contribution is 7.80. The molecule has 0 amide bonds. The van der Waals surface area contributed by atoms with Gasteiger partial charge in [-0.15, -0.1) is 11.3 Å². The van der Waals surface area contributed by atoms with Crippen LogP contribution in [0.15, 0.2) is 23.6 Å². The Labute approximate surface area is 169 Å². The van der Waals surface area contributed by atoms with Crippen molar-refractivity contribution < 1.29 is 14.6 Å². The monoisotopic (exact) mass is 407 g/mol. The van der Waals surface area contributed by atoms with Gasteiger partial charge in [-0.2, -0.15) is 0 Å². The molecule has 0 atom stereocenters. The van der Waals surface area contributed by atoms with Crippen LogP contribution >= 0.6 is 23.6 Å². The van der Waals surface area contributed by atoms with Crippen LogP contribution in [0.5, 0.6) is 11.5 Å². The summed E-state index contributed by atoms with van der Waals surface area (Å²) in [6.45, 7) is 3.80. The average molecular weight is 408 g/mol. The van der Waals surface area contributed by atoms with Crippen molar-refractivity contribution in [3.05, 3.63) is 39.8 Å². The quantitative estimate of drug-likeness (QED) is 0.619. The van der Waals surface area contributed by atoms with Crippen LogP contribution < -0.4 is 14.8 Å². The predicted molar refractivity (Wildman–Crippen MR) is 110 cm³/mol. The van der Waals surface area contributed by atoms with E-state index in [0.717, 1.165) is 35.1 Å². The smallest absolute Gasteiger partial charge is 0.169 e. The van der Waals surface area contributed by atoms with E-state index in [4.69, 9.17) is 21.7 Å². The molecule has 1 aliphatic rings. The summed E-state index contributed by atoms with van der Waals surface area (Å²) in [5.74, 6) is 1.40. The minimum atomic E-state index is -0.0609. The Kier molecular flexibility index (Phi) is 6.87. The summed E-state index contributed by atoms with van der Waals surface area (Å²) in [6, 6.07) is 6.39. The van der Waals surface area contributed by atoms with Crippen molar-refractivity contribution in [2.45, 2.75) is 45.6 Å². The van der Waals surface area contributed by atoms with E-state index in [1.54, 1.807) is 7.11 Å². The number of hydrogen-bond donors (Lipinski definition) is 2. The summed E-state index contributed by atoms with van der Waals surface area (Å²) in [5, 5.41) is 15.9. The van der Waals surface area contributed by atoms with E-state index >= 15 is 0 Å². The molecular weight excluding hydrogens is 382 g/mol. The lowest BCUT2D eigenvalue weighted by Gasteiger charge is -2.27. The zero-order valence-corrected chi connectivity index (χ0v) is 17.2. The van der Waals surface area contributed by atoms with Gasteiger partial charge < -0.3 is 24.8 Å². The van der Waals surface area contributed by atoms with Crippen LogP contribution in [0.1, 0.15) is 36.0 Å². The number of nitrogens with zero attached hydrogens (tertiary/aromatic N) is 2. The van der Waals surface area contributed by atoms with Crippen molar-refractivity contribution in [1.82, 2.24) is 15.2 Å². The third kappa shape index (κ3) is 5.09. The third-order valence-electron chi connectivity index (χ3n) is 4.30. The molecule has 6 nitrogen and oxygen atoms in total. The maximum Gasteiger partial charge on any atom is 0.169 e. The molecule has 1 aliphatic carbocycles. The summed E-state index contributed by atoms with van der Waals surface area (Å²) in [6.07, 6.45) is 2.32. The van der Waals surface area contributed by atoms with Crippen LogP contribution in [0.25, 0.3) is 0 Å². The number of nitrogens with one attached hydrogen (secondary N) is 1. The standard InChI is InChI=1S/C19H25N3O3S2/c1-3-20-19(26)22(15-7-8-15)9-13-5-4-6-16(24-2)18(13)25-11-17-21-14(10-23)12-27-17/h4-6,12,15,23H,3,7-11H2,1-2H3,(H,20,26). The Morgan fingerprint density at radius 3 is 2.89 bits per heavy atom. The minimum absolute atomic E-state index is 0.0609. The zero-order valence-electron chi connectivity index (χ0n) is 15.6. The number of benzene rings is 1. The fraction of sp³-hybridized carbons (Fsp3) is 0.474. The number of aromatic nitrogens is 1. The number of methoxy groups -OCH3 is 1. The molecule has 8 heteroatoms. The van der Waals surface area contributed by atoms with Crippen LogP contribution in [-0.4, -0.2) is 39.8 Å². The highest BCUT2D eigenvalue weighted by Crippen LogP contribution is 2.35. The fourth-order valence-corrected chi connectivity index (χ4v) is 3.88. The summed E-state index contributed by atoms with van der Waals surface area (Å²) >= 11 is 7.04. The Morgan fingerprint density at radius 2 is 2.26 bits per heavy atom. The Morgan fingerprint density at radius 1 is 1.44 bits per heavy atom. The Hall–Kier alpha value is -1.90. The summed E-state index contributed by atoms with van der Waals surface area (Å²) in [5.41, 5.74) is 1.69. The number of para-hydroxylation sites is 1. The van der Waals surface area contributed by atoms with Gasteiger partial charge >= 0.3 is 0 Å². The lowest BCUT2D eigenvalue weighted by molar-refractivity contribution is 0.268. The van der Waals surface area contributed by atoms with Gasteiger partial charge in [0.05, 0.1) is 19.4 Å². The molecule has 1 saturated carbocycles. The maximum absolute atomic E-state index is 9.17. The van der Waals surface area contributed by atoms with Crippen molar-refractivity contribution in [3.63, 3.8) is 0 Å². The number of hydrogen-bond acceptors (Lipinski definition) is 6. The lowest BCUT2D eigenvalue weighted by Crippen LogP contribution is -2.40. The molecule has 2 N–H and O–H groups in total. The molecule has 1 aromatic carbocycles. The van der Waals surface area contributed by atoms with Gasteiger partial charge in [-0.3, -0.25) is 0 Å². The van der Waals surface area contributed by atoms with Crippen molar-refractivity contribution in [2.24, 2.45) is 0 Å². The van der Waals surface area contributed by atoms with E-state index in [1.807, 2.05) is 30.5 Å². The first-order valence-electron chi connectivity index (χ1n) is 9.03. The van der Waals surface area contributed by atoms with Gasteiger partial charge in [0.1, 0.15) is 11.6 Å². The molecule has 0 saturated heterocycles. The van der Waals surface area contributed by atoms with Crippen LogP contribution in [0.4, 0.5) is 0 Å². The summed E-state index contributed by atoms with van der Waals surface area (Å²) in [4.78, 5) is 6.57. The molecule has 2 aromatic rings. The van der Waals surface area contributed by atoms with Crippen molar-refractivity contribution in [2.75, 3.05) is 13.7 Å². The first kappa shape index (κ1) is 19.9. The van der Waals surface area contributed by atoms with Crippen molar-refractivity contribution in [1.29, 1.82) is 0 Å². The van der Waals surface area contributed by atoms with Crippen LogP contribution in [0.2, 0.25) is 0 Å². The van der Waals surface area contributed by atoms with E-state index < -0.39 is 0 Å². The maximum atomic E-state index is 9.17. The molecule has 0 unspecified atom stereocenters. The van der Waals surface area contributed by atoms with Gasteiger partial charge in [0.2, 0.25) is 0 Å². The van der Waals surface area contributed by atoms with Gasteiger partial charge in [0.25, 0.3) is 0 Å². The fourth-order valence-electron chi connectivity index (χ4n) is 2.82. The third-order valence-corrected chi connectivity index (χ3v) is 5.55. The second-order valence-corrected chi connectivity index (χ2v) is 7.65. The van der Waals surface area contributed by atoms with Gasteiger partial charge in [0, 0.05) is 30.1 Å². The normalized spacial score (nSPS) is 13.3. The van der Waals surface area contributed by atoms with Crippen molar-refractivity contribution >= 4 is 28.7 Å². The van der Waals surface area contributed by atoms with E-state index in [1.165, 1.54) is 11.3 Å². The molecule has 0 bridgehead atoms. The molecule has 0 radical (unpaired) electrons. The SMILES string of the molecule is CCNC(=S)N(Cc1cccc(OC)c1OCc1nc(CO)cs1)C1CC1. The molecule has 3 rings (SSSR count). The van der Waals surface area contributed by atoms with Gasteiger partial charge in [0.15, 0.2) is 16.6 Å². The second kappa shape index (κ2) is 9.34. The molecule has 1 aromatic heterocycles. The number of aliphatic hydroxyl groups is 1. The zero-order chi connectivity index (χ0) is 19.2. The van der Waals surface area contributed by atoms with Crippen LogP contribution in [-0.2, 0) is 19.8 Å². The summed E-state index contributed by atoms with van der Waals surface area (Å²) in [7, 11) is 1.64. The van der Waals surface area contributed by atoms with Crippen LogP contribution in [0, 0.1) is 0 Å². The predicted octanol–water partition coefficient (Wildman–Crippen LogP) is 3.08. The molecular formula is C19H25N3O3S2. The van der Waals surface area contributed by atoms with Crippen LogP contribution in [0.3, 0.4) is 0 Å². The Bertz CT molecular complexity index is 777. The first-order chi connectivity index (χ1) is 13.2. The second-order valence-electron chi connectivity index (χ2n) is 6.32. The minimum Gasteiger partial charge on any atom is -0.493 e.